The maximum absolute atomic E-state index is 14.4. The third-order valence-corrected chi connectivity index (χ3v) is 12.0. The molecule has 0 aliphatic carbocycles. The van der Waals surface area contributed by atoms with Crippen LogP contribution in [0, 0.1) is 36.5 Å². The van der Waals surface area contributed by atoms with Gasteiger partial charge in [0.05, 0.1) is 46.9 Å². The number of ether oxygens (including phenoxy) is 3. The van der Waals surface area contributed by atoms with Gasteiger partial charge in [-0.2, -0.15) is 5.10 Å². The van der Waals surface area contributed by atoms with E-state index in [2.05, 4.69) is 15.3 Å². The molecular weight excluding hydrogens is 764 g/mol. The summed E-state index contributed by atoms with van der Waals surface area (Å²) in [6.45, 7) is 14.5. The summed E-state index contributed by atoms with van der Waals surface area (Å²) >= 11 is 0. The number of likely N-dealkylation sites (N-methyl/N-ethyl adjacent to an activating group) is 1. The fraction of sp³-hybridized carbons (Fsp3) is 0.535. The van der Waals surface area contributed by atoms with Crippen molar-refractivity contribution >= 4 is 40.3 Å². The molecule has 0 radical (unpaired) electrons. The summed E-state index contributed by atoms with van der Waals surface area (Å²) in [4.78, 5) is 42.6. The van der Waals surface area contributed by atoms with Crippen molar-refractivity contribution in [2.24, 2.45) is 34.7 Å². The van der Waals surface area contributed by atoms with Crippen LogP contribution < -0.4 is 10.1 Å². The van der Waals surface area contributed by atoms with Gasteiger partial charge < -0.3 is 55.1 Å². The Bertz CT molecular complexity index is 2070. The number of Topliss-reactive ketones (excluding diaryl/α,β-unsaturated/α-hetero) is 1. The molecule has 0 spiro atoms. The number of phenolic OH excluding ortho intramolecular Hbond substituents is 3. The second-order valence-electron chi connectivity index (χ2n) is 16.3. The number of aliphatic hydroxyl groups excluding tert-OH is 3. The molecule has 322 valence electrons. The van der Waals surface area contributed by atoms with Crippen molar-refractivity contribution in [3.05, 3.63) is 52.8 Å². The Labute approximate surface area is 344 Å². The van der Waals surface area contributed by atoms with Crippen LogP contribution in [0.25, 0.3) is 10.8 Å². The zero-order valence-electron chi connectivity index (χ0n) is 35.1. The topological polar surface area (TPSA) is 231 Å². The first kappa shape index (κ1) is 44.9. The number of carbonyl (C=O) groups is 3. The van der Waals surface area contributed by atoms with Gasteiger partial charge >= 0.3 is 11.8 Å². The average Bonchev–Trinajstić information content (AvgIpc) is 3.46. The minimum Gasteiger partial charge on any atom is -0.507 e. The van der Waals surface area contributed by atoms with Crippen LogP contribution in [0.4, 0.5) is 5.69 Å². The van der Waals surface area contributed by atoms with E-state index in [4.69, 9.17) is 14.2 Å². The van der Waals surface area contributed by atoms with Gasteiger partial charge in [-0.25, -0.2) is 0 Å². The molecule has 16 nitrogen and oxygen atoms in total. The molecule has 4 aliphatic rings. The number of allylic oxidation sites excluding steroid dienone is 2. The Hall–Kier alpha value is -5.16. The minimum atomic E-state index is -2.07. The van der Waals surface area contributed by atoms with Gasteiger partial charge in [0.15, 0.2) is 5.75 Å². The number of fused-ring (bicyclic) bond motifs is 14. The van der Waals surface area contributed by atoms with E-state index in [1.807, 2.05) is 7.05 Å². The number of piperazine rings is 1. The number of hydrazone groups is 1. The van der Waals surface area contributed by atoms with Crippen LogP contribution in [0.5, 0.6) is 23.0 Å². The van der Waals surface area contributed by atoms with E-state index in [-0.39, 0.29) is 44.5 Å². The highest BCUT2D eigenvalue weighted by Crippen LogP contribution is 2.55. The second kappa shape index (κ2) is 18.0. The molecule has 6 rings (SSSR count). The Morgan fingerprint density at radius 3 is 2.25 bits per heavy atom. The van der Waals surface area contributed by atoms with Crippen molar-refractivity contribution < 1.29 is 59.2 Å². The number of phenols is 3. The first-order chi connectivity index (χ1) is 27.7. The maximum Gasteiger partial charge on any atom is 0.312 e. The number of amides is 1. The van der Waals surface area contributed by atoms with Crippen LogP contribution in [0.1, 0.15) is 70.0 Å². The standard InChI is InChI=1S/C43H58N4O12/c1-21-11-10-12-22(2)42(56)45-33-29(19-44-47-16-14-46(9)15-17-47)37(53)30-31(38(33)54)36(52)26(6)40-32(30)41(55)43(8,59-40)57-18-13-28(20-48)23(3)39(58-27(7)49)25(5)35(51)24(4)34(21)50/h10-13,18-19,21,23-25,28,34-35,39,48,50-54H,14-17,20H2,1-9H3,(H,45,56)/b11-10+,18-13+,22-12-,44-19+/t21-,23+,24+,25+,28+,34-,35+,39+,43-/m0/s1. The number of nitrogens with one attached hydrogen (secondary N) is 1. The number of nitrogens with zero attached hydrogens (tertiary/aromatic N) is 3. The molecule has 0 saturated carbocycles. The predicted octanol–water partition coefficient (Wildman–Crippen LogP) is 3.93. The van der Waals surface area contributed by atoms with E-state index in [9.17, 15) is 45.0 Å². The van der Waals surface area contributed by atoms with E-state index < -0.39 is 95.2 Å². The van der Waals surface area contributed by atoms with E-state index in [1.54, 1.807) is 44.9 Å². The normalized spacial score (nSPS) is 32.1. The predicted molar refractivity (Wildman–Crippen MR) is 220 cm³/mol. The molecule has 4 aliphatic heterocycles. The van der Waals surface area contributed by atoms with Crippen LogP contribution in [0.2, 0.25) is 0 Å². The van der Waals surface area contributed by atoms with Crippen LogP contribution >= 0.6 is 0 Å². The molecular formula is C43H58N4O12. The highest BCUT2D eigenvalue weighted by molar-refractivity contribution is 6.23. The summed E-state index contributed by atoms with van der Waals surface area (Å²) in [7, 11) is 1.98. The summed E-state index contributed by atoms with van der Waals surface area (Å²) in [5.41, 5.74) is -0.413. The van der Waals surface area contributed by atoms with Crippen LogP contribution in [0.3, 0.4) is 0 Å². The number of ketones is 1. The zero-order chi connectivity index (χ0) is 43.7. The zero-order valence-corrected chi connectivity index (χ0v) is 35.1. The second-order valence-corrected chi connectivity index (χ2v) is 16.3. The molecule has 16 heteroatoms. The van der Waals surface area contributed by atoms with Crippen molar-refractivity contribution in [3.8, 4) is 23.0 Å². The summed E-state index contributed by atoms with van der Waals surface area (Å²) < 4.78 is 17.8. The first-order valence-corrected chi connectivity index (χ1v) is 19.9. The molecule has 7 N–H and O–H groups in total. The van der Waals surface area contributed by atoms with Gasteiger partial charge in [0, 0.05) is 92.7 Å². The summed E-state index contributed by atoms with van der Waals surface area (Å²) in [5, 5.41) is 77.2. The minimum absolute atomic E-state index is 0.0406. The number of esters is 1. The molecule has 2 aromatic rings. The highest BCUT2D eigenvalue weighted by atomic mass is 16.7. The smallest absolute Gasteiger partial charge is 0.312 e. The molecule has 59 heavy (non-hydrogen) atoms. The highest BCUT2D eigenvalue weighted by Gasteiger charge is 2.50. The number of benzene rings is 2. The lowest BCUT2D eigenvalue weighted by molar-refractivity contribution is -0.159. The Morgan fingerprint density at radius 2 is 1.63 bits per heavy atom. The van der Waals surface area contributed by atoms with E-state index >= 15 is 0 Å². The lowest BCUT2D eigenvalue weighted by Crippen LogP contribution is -2.45. The summed E-state index contributed by atoms with van der Waals surface area (Å²) in [6.07, 6.45) is 5.46. The lowest BCUT2D eigenvalue weighted by Gasteiger charge is -2.38. The van der Waals surface area contributed by atoms with E-state index in [0.717, 1.165) is 6.26 Å². The third-order valence-electron chi connectivity index (χ3n) is 12.0. The quantitative estimate of drug-likeness (QED) is 0.100. The number of carbonyl (C=O) groups excluding carboxylic acids is 3. The molecule has 1 saturated heterocycles. The van der Waals surface area contributed by atoms with Gasteiger partial charge in [0.1, 0.15) is 23.4 Å². The summed E-state index contributed by atoms with van der Waals surface area (Å²) in [6, 6.07) is 0. The number of aromatic hydroxyl groups is 3. The average molecular weight is 823 g/mol. The van der Waals surface area contributed by atoms with Gasteiger partial charge in [-0.15, -0.1) is 0 Å². The largest absolute Gasteiger partial charge is 0.507 e. The monoisotopic (exact) mass is 822 g/mol. The van der Waals surface area contributed by atoms with Crippen molar-refractivity contribution in [1.82, 2.24) is 9.91 Å². The molecule has 5 bridgehead atoms. The fourth-order valence-electron chi connectivity index (χ4n) is 7.94. The number of hydrogen-bond donors (Lipinski definition) is 7. The van der Waals surface area contributed by atoms with E-state index in [1.165, 1.54) is 46.1 Å². The van der Waals surface area contributed by atoms with Gasteiger partial charge in [-0.3, -0.25) is 19.4 Å². The maximum atomic E-state index is 14.4. The summed E-state index contributed by atoms with van der Waals surface area (Å²) in [5.74, 6) is -9.31. The number of hydrogen-bond acceptors (Lipinski definition) is 15. The van der Waals surface area contributed by atoms with Crippen LogP contribution in [0.15, 0.2) is 41.2 Å². The Balaban J connectivity index is 1.70. The fourth-order valence-corrected chi connectivity index (χ4v) is 7.94. The van der Waals surface area contributed by atoms with Crippen LogP contribution in [-0.4, -0.2) is 128 Å². The van der Waals surface area contributed by atoms with Gasteiger partial charge in [0.25, 0.3) is 11.7 Å². The van der Waals surface area contributed by atoms with Gasteiger partial charge in [0.2, 0.25) is 0 Å². The SMILES string of the molecule is CC(=O)O[C@H]1[C@H](C)[C@H](O)[C@H](C)[C@@H](O)[C@@H](C)/C=C/C=C(/C)C(=O)Nc2c(/C=N/N3CCN(C)CC3)c(O)c3c4c(c(C)c(O)c3c2O)O[C@](C)(O/C=C/[C@H](CO)[C@H]1C)C4=O. The molecule has 9 atom stereocenters. The third kappa shape index (κ3) is 8.91. The molecule has 1 amide bonds. The number of anilines is 1. The molecule has 4 heterocycles. The number of aliphatic hydroxyl groups is 3. The molecule has 0 unspecified atom stereocenters. The van der Waals surface area contributed by atoms with Crippen molar-refractivity contribution in [3.63, 3.8) is 0 Å². The lowest BCUT2D eigenvalue weighted by atomic mass is 9.76. The van der Waals surface area contributed by atoms with Gasteiger partial charge in [-0.05, 0) is 27.0 Å². The first-order valence-electron chi connectivity index (χ1n) is 19.9. The molecule has 0 aromatic heterocycles. The number of rotatable bonds is 4. The molecule has 2 aromatic carbocycles. The van der Waals surface area contributed by atoms with Gasteiger partial charge in [-0.1, -0.05) is 45.9 Å². The van der Waals surface area contributed by atoms with Crippen molar-refractivity contribution in [2.45, 2.75) is 79.5 Å². The van der Waals surface area contributed by atoms with E-state index in [0.29, 0.717) is 26.2 Å². The Morgan fingerprint density at radius 1 is 0.966 bits per heavy atom. The molecule has 1 fully saturated rings. The van der Waals surface area contributed by atoms with Crippen molar-refractivity contribution in [2.75, 3.05) is 45.2 Å². The Kier molecular flexibility index (Phi) is 13.7. The van der Waals surface area contributed by atoms with Crippen molar-refractivity contribution in [1.29, 1.82) is 0 Å². The van der Waals surface area contributed by atoms with Crippen LogP contribution in [-0.2, 0) is 19.1 Å².